The van der Waals surface area contributed by atoms with Crippen molar-refractivity contribution in [1.82, 2.24) is 5.32 Å². The van der Waals surface area contributed by atoms with Crippen LogP contribution in [0.25, 0.3) is 0 Å². The van der Waals surface area contributed by atoms with Crippen LogP contribution >= 0.6 is 0 Å². The maximum Gasteiger partial charge on any atom is 0.417 e. The Labute approximate surface area is 168 Å². The summed E-state index contributed by atoms with van der Waals surface area (Å²) < 4.78 is 30.1. The Morgan fingerprint density at radius 3 is 2.66 bits per heavy atom. The highest BCUT2D eigenvalue weighted by molar-refractivity contribution is 5.90. The minimum absolute atomic E-state index is 0.146. The minimum Gasteiger partial charge on any atom is -0.444 e. The van der Waals surface area contributed by atoms with E-state index in [0.29, 0.717) is 32.0 Å². The van der Waals surface area contributed by atoms with Gasteiger partial charge in [0, 0.05) is 13.1 Å². The lowest BCUT2D eigenvalue weighted by atomic mass is 10.2. The van der Waals surface area contributed by atoms with E-state index in [4.69, 9.17) is 14.2 Å². The van der Waals surface area contributed by atoms with Crippen molar-refractivity contribution in [2.45, 2.75) is 38.7 Å². The Kier molecular flexibility index (Phi) is 6.13. The predicted molar refractivity (Wildman–Crippen MR) is 102 cm³/mol. The highest BCUT2D eigenvalue weighted by Gasteiger charge is 2.42. The fraction of sp³-hybridized carbons (Fsp3) is 0.579. The zero-order valence-corrected chi connectivity index (χ0v) is 16.7. The molecular formula is C19H26FN3O6. The molecule has 2 fully saturated rings. The summed E-state index contributed by atoms with van der Waals surface area (Å²) in [5.41, 5.74) is -0.111. The van der Waals surface area contributed by atoms with Crippen molar-refractivity contribution in [2.24, 2.45) is 0 Å². The van der Waals surface area contributed by atoms with E-state index in [1.165, 1.54) is 6.07 Å². The van der Waals surface area contributed by atoms with Crippen LogP contribution in [0.5, 0.6) is 0 Å². The quantitative estimate of drug-likeness (QED) is 0.780. The van der Waals surface area contributed by atoms with E-state index in [2.05, 4.69) is 5.32 Å². The molecule has 2 aliphatic heterocycles. The molecule has 2 heterocycles. The van der Waals surface area contributed by atoms with E-state index in [0.717, 1.165) is 4.90 Å². The number of hydrogen-bond donors (Lipinski definition) is 2. The molecule has 0 saturated carbocycles. The van der Waals surface area contributed by atoms with Gasteiger partial charge in [0.1, 0.15) is 11.4 Å². The van der Waals surface area contributed by atoms with E-state index >= 15 is 0 Å². The molecule has 0 aliphatic carbocycles. The third kappa shape index (κ3) is 5.07. The molecule has 2 N–H and O–H groups in total. The molecule has 2 aliphatic rings. The summed E-state index contributed by atoms with van der Waals surface area (Å²) in [7, 11) is 0. The van der Waals surface area contributed by atoms with Crippen molar-refractivity contribution in [3.63, 3.8) is 0 Å². The van der Waals surface area contributed by atoms with Gasteiger partial charge in [-0.05, 0) is 39.0 Å². The molecule has 0 unspecified atom stereocenters. The lowest BCUT2D eigenvalue weighted by molar-refractivity contribution is 0.0391. The fourth-order valence-corrected chi connectivity index (χ4v) is 3.13. The molecule has 1 aromatic rings. The SMILES string of the molecule is CC(C)(C)OC(=O)NC[C@@H]1OC(=O)N(c2ccc(N3CCOCC3)c(F)c2)[C@H]1O. The molecular weight excluding hydrogens is 385 g/mol. The van der Waals surface area contributed by atoms with Crippen LogP contribution < -0.4 is 15.1 Å². The van der Waals surface area contributed by atoms with Crippen LogP contribution in [0.4, 0.5) is 25.4 Å². The Morgan fingerprint density at radius 1 is 1.34 bits per heavy atom. The number of hydrogen-bond acceptors (Lipinski definition) is 7. The number of nitrogens with zero attached hydrogens (tertiary/aromatic N) is 2. The Morgan fingerprint density at radius 2 is 2.03 bits per heavy atom. The van der Waals surface area contributed by atoms with Crippen LogP contribution in [0.2, 0.25) is 0 Å². The van der Waals surface area contributed by atoms with Crippen LogP contribution in [0.3, 0.4) is 0 Å². The lowest BCUT2D eigenvalue weighted by Crippen LogP contribution is -2.43. The summed E-state index contributed by atoms with van der Waals surface area (Å²) in [6, 6.07) is 4.28. The molecule has 2 atom stereocenters. The first-order valence-corrected chi connectivity index (χ1v) is 9.43. The number of amides is 2. The van der Waals surface area contributed by atoms with Gasteiger partial charge in [-0.25, -0.2) is 18.9 Å². The third-order valence-corrected chi connectivity index (χ3v) is 4.45. The van der Waals surface area contributed by atoms with E-state index in [9.17, 15) is 19.1 Å². The van der Waals surface area contributed by atoms with Crippen molar-refractivity contribution in [3.8, 4) is 0 Å². The lowest BCUT2D eigenvalue weighted by Gasteiger charge is -2.29. The molecule has 0 aromatic heterocycles. The highest BCUT2D eigenvalue weighted by Crippen LogP contribution is 2.30. The number of nitrogens with one attached hydrogen (secondary N) is 1. The Balaban J connectivity index is 1.65. The molecule has 10 heteroatoms. The normalized spacial score (nSPS) is 22.4. The number of benzene rings is 1. The molecule has 9 nitrogen and oxygen atoms in total. The molecule has 1 aromatic carbocycles. The number of ether oxygens (including phenoxy) is 3. The fourth-order valence-electron chi connectivity index (χ4n) is 3.13. The van der Waals surface area contributed by atoms with Gasteiger partial charge in [-0.3, -0.25) is 0 Å². The zero-order valence-electron chi connectivity index (χ0n) is 16.7. The summed E-state index contributed by atoms with van der Waals surface area (Å²) in [5.74, 6) is -0.514. The van der Waals surface area contributed by atoms with Gasteiger partial charge in [-0.2, -0.15) is 0 Å². The first kappa shape index (κ1) is 21.1. The second kappa shape index (κ2) is 8.42. The van der Waals surface area contributed by atoms with Crippen molar-refractivity contribution < 1.29 is 33.3 Å². The zero-order chi connectivity index (χ0) is 21.2. The number of cyclic esters (lactones) is 1. The van der Waals surface area contributed by atoms with Gasteiger partial charge in [-0.1, -0.05) is 0 Å². The first-order valence-electron chi connectivity index (χ1n) is 9.43. The van der Waals surface area contributed by atoms with E-state index in [1.54, 1.807) is 32.9 Å². The average molecular weight is 411 g/mol. The van der Waals surface area contributed by atoms with Gasteiger partial charge < -0.3 is 29.5 Å². The molecule has 0 radical (unpaired) electrons. The van der Waals surface area contributed by atoms with Crippen LogP contribution in [-0.4, -0.2) is 68.1 Å². The Hall–Kier alpha value is -2.59. The van der Waals surface area contributed by atoms with Crippen LogP contribution in [-0.2, 0) is 14.2 Å². The van der Waals surface area contributed by atoms with Gasteiger partial charge >= 0.3 is 12.2 Å². The van der Waals surface area contributed by atoms with Crippen molar-refractivity contribution >= 4 is 23.6 Å². The third-order valence-electron chi connectivity index (χ3n) is 4.45. The topological polar surface area (TPSA) is 101 Å². The monoisotopic (exact) mass is 411 g/mol. The first-order chi connectivity index (χ1) is 13.7. The molecule has 3 rings (SSSR count). The maximum absolute atomic E-state index is 14.6. The molecule has 29 heavy (non-hydrogen) atoms. The standard InChI is InChI=1S/C19H26FN3O6/c1-19(2,3)29-17(25)21-11-15-16(24)23(18(26)28-15)12-4-5-14(13(20)10-12)22-6-8-27-9-7-22/h4-5,10,15-16,24H,6-9,11H2,1-3H3,(H,21,25)/t15-,16-/m0/s1. The van der Waals surface area contributed by atoms with Crippen LogP contribution in [0, 0.1) is 5.82 Å². The number of anilines is 2. The maximum atomic E-state index is 14.6. The van der Waals surface area contributed by atoms with Gasteiger partial charge in [0.25, 0.3) is 0 Å². The van der Waals surface area contributed by atoms with E-state index in [1.807, 2.05) is 4.90 Å². The van der Waals surface area contributed by atoms with E-state index in [-0.39, 0.29) is 12.2 Å². The number of carbonyl (C=O) groups excluding carboxylic acids is 2. The van der Waals surface area contributed by atoms with Gasteiger partial charge in [0.05, 0.1) is 31.1 Å². The largest absolute Gasteiger partial charge is 0.444 e. The number of alkyl carbamates (subject to hydrolysis) is 1. The summed E-state index contributed by atoms with van der Waals surface area (Å²) >= 11 is 0. The van der Waals surface area contributed by atoms with Gasteiger partial charge in [0.2, 0.25) is 0 Å². The van der Waals surface area contributed by atoms with Gasteiger partial charge in [0.15, 0.2) is 12.3 Å². The summed E-state index contributed by atoms with van der Waals surface area (Å²) in [6.07, 6.45) is -3.92. The van der Waals surface area contributed by atoms with Crippen molar-refractivity contribution in [2.75, 3.05) is 42.6 Å². The number of rotatable bonds is 4. The second-order valence-electron chi connectivity index (χ2n) is 7.82. The van der Waals surface area contributed by atoms with Gasteiger partial charge in [-0.15, -0.1) is 0 Å². The van der Waals surface area contributed by atoms with Crippen molar-refractivity contribution in [1.29, 1.82) is 0 Å². The number of aliphatic hydroxyl groups excluding tert-OH is 1. The average Bonchev–Trinajstić information content (AvgIpc) is 2.93. The number of morpholine rings is 1. The minimum atomic E-state index is -1.38. The molecule has 0 bridgehead atoms. The molecule has 2 amide bonds. The molecule has 2 saturated heterocycles. The molecule has 160 valence electrons. The smallest absolute Gasteiger partial charge is 0.417 e. The highest BCUT2D eigenvalue weighted by atomic mass is 19.1. The summed E-state index contributed by atoms with van der Waals surface area (Å²) in [6.45, 7) is 7.18. The molecule has 0 spiro atoms. The Bertz CT molecular complexity index is 763. The summed E-state index contributed by atoms with van der Waals surface area (Å²) in [5, 5.41) is 12.9. The number of aliphatic hydroxyl groups is 1. The van der Waals surface area contributed by atoms with Crippen LogP contribution in [0.15, 0.2) is 18.2 Å². The predicted octanol–water partition coefficient (Wildman–Crippen LogP) is 1.83. The van der Waals surface area contributed by atoms with Crippen LogP contribution in [0.1, 0.15) is 20.8 Å². The number of halogens is 1. The van der Waals surface area contributed by atoms with Crippen molar-refractivity contribution in [3.05, 3.63) is 24.0 Å². The summed E-state index contributed by atoms with van der Waals surface area (Å²) in [4.78, 5) is 26.8. The second-order valence-corrected chi connectivity index (χ2v) is 7.82. The number of carbonyl (C=O) groups is 2. The van der Waals surface area contributed by atoms with E-state index < -0.39 is 35.9 Å².